The molecule has 0 amide bonds. The lowest BCUT2D eigenvalue weighted by Crippen LogP contribution is -2.06. The molecule has 11 aromatic rings. The van der Waals surface area contributed by atoms with Gasteiger partial charge in [0, 0.05) is 25.4 Å². The SMILES string of the molecule is Cn1nnnc1Sc1ncnc2scnc12.Oc1ccc(CCNc2ncnc3sccc23)cc1.Oc1ccc(CCNc2ncnc3scnc23)cc1.c1nc2c(SC3CCCC3)cnnc2s1. The van der Waals surface area contributed by atoms with E-state index in [4.69, 9.17) is 0 Å². The first-order valence-electron chi connectivity index (χ1n) is 21.4. The third kappa shape index (κ3) is 12.7. The Kier molecular flexibility index (Phi) is 16.2. The van der Waals surface area contributed by atoms with Gasteiger partial charge in [0.05, 0.1) is 33.0 Å². The zero-order chi connectivity index (χ0) is 47.2. The highest BCUT2D eigenvalue weighted by molar-refractivity contribution is 8.00. The first-order chi connectivity index (χ1) is 33.9. The Bertz CT molecular complexity index is 3220. The van der Waals surface area contributed by atoms with Crippen molar-refractivity contribution in [3.8, 4) is 11.5 Å². The van der Waals surface area contributed by atoms with Gasteiger partial charge in [-0.1, -0.05) is 37.1 Å². The summed E-state index contributed by atoms with van der Waals surface area (Å²) in [5, 5.41) is 49.6. The quantitative estimate of drug-likeness (QED) is 0.0832. The second kappa shape index (κ2) is 23.6. The van der Waals surface area contributed by atoms with Crippen molar-refractivity contribution in [1.29, 1.82) is 0 Å². The number of phenols is 2. The van der Waals surface area contributed by atoms with E-state index < -0.39 is 0 Å². The van der Waals surface area contributed by atoms with Gasteiger partial charge in [-0.3, -0.25) is 0 Å². The predicted molar refractivity (Wildman–Crippen MR) is 275 cm³/mol. The fourth-order valence-corrected chi connectivity index (χ4v) is 11.6. The number of aryl methyl sites for hydroxylation is 1. The van der Waals surface area contributed by atoms with E-state index in [2.05, 4.69) is 81.2 Å². The molecule has 9 heterocycles. The minimum atomic E-state index is 0.289. The maximum Gasteiger partial charge on any atom is 0.215 e. The monoisotopic (exact) mass is 1030 g/mol. The van der Waals surface area contributed by atoms with Crippen LogP contribution in [0.4, 0.5) is 11.6 Å². The third-order valence-electron chi connectivity index (χ3n) is 10.3. The van der Waals surface area contributed by atoms with E-state index in [1.165, 1.54) is 76.9 Å². The van der Waals surface area contributed by atoms with Crippen LogP contribution < -0.4 is 10.6 Å². The zero-order valence-electron chi connectivity index (χ0n) is 36.6. The Balaban J connectivity index is 0.000000115. The molecule has 0 spiro atoms. The van der Waals surface area contributed by atoms with E-state index in [1.54, 1.807) is 82.3 Å². The van der Waals surface area contributed by atoms with Crippen LogP contribution >= 0.6 is 68.9 Å². The van der Waals surface area contributed by atoms with E-state index in [9.17, 15) is 10.2 Å². The van der Waals surface area contributed by atoms with Crippen LogP contribution in [0.2, 0.25) is 0 Å². The molecule has 1 aliphatic carbocycles. The first-order valence-corrected chi connectivity index (χ1v) is 26.6. The molecule has 2 aromatic carbocycles. The van der Waals surface area contributed by atoms with Crippen molar-refractivity contribution in [2.75, 3.05) is 23.7 Å². The summed E-state index contributed by atoms with van der Waals surface area (Å²) in [6.07, 6.45) is 13.7. The minimum Gasteiger partial charge on any atom is -0.508 e. The number of rotatable bonds is 12. The second-order valence-corrected chi connectivity index (χ2v) is 20.6. The lowest BCUT2D eigenvalue weighted by atomic mass is 10.1. The van der Waals surface area contributed by atoms with Crippen molar-refractivity contribution >= 4 is 122 Å². The molecule has 0 radical (unpaired) electrons. The minimum absolute atomic E-state index is 0.289. The Morgan fingerprint density at radius 2 is 1.22 bits per heavy atom. The predicted octanol–water partition coefficient (Wildman–Crippen LogP) is 9.38. The topological polar surface area (TPSA) is 250 Å². The number of thiazole rings is 3. The Morgan fingerprint density at radius 1 is 0.623 bits per heavy atom. The number of hydrogen-bond acceptors (Lipinski definition) is 24. The van der Waals surface area contributed by atoms with Gasteiger partial charge in [0.1, 0.15) is 72.4 Å². The van der Waals surface area contributed by atoms with Crippen molar-refractivity contribution in [3.63, 3.8) is 0 Å². The standard InChI is InChI=1S/C14H13N3OS.C13H12N4OS.C10H11N3S2.C7H5N7S2/c18-11-3-1-10(2-4-11)5-7-15-13-12-6-8-19-14(12)17-9-16-13;18-10-3-1-9(2-4-10)5-6-14-12-11-13(16-7-15-12)19-8-17-11;1-2-4-7(3-1)15-8-5-12-13-10-9(8)11-6-14-10;1-14-7(11-12-13-14)16-6-4-5(8-2-9-6)15-3-10-4/h1-4,6,8-9,18H,5,7H2,(H,15,16,17);1-4,7-8,18H,5-6H2,(H,14,15,16);5-7H,1-4H2;2-3H,1H3. The number of benzene rings is 2. The molecule has 1 fully saturated rings. The van der Waals surface area contributed by atoms with E-state index in [0.717, 1.165) is 94.7 Å². The number of tetrazole rings is 1. The molecule has 9 aromatic heterocycles. The van der Waals surface area contributed by atoms with Crippen LogP contribution in [0, 0.1) is 0 Å². The number of aromatic nitrogens is 15. The van der Waals surface area contributed by atoms with Crippen molar-refractivity contribution in [3.05, 3.63) is 113 Å². The van der Waals surface area contributed by atoms with Crippen LogP contribution in [-0.4, -0.2) is 104 Å². The number of nitrogens with one attached hydrogen (secondary N) is 2. The molecule has 4 N–H and O–H groups in total. The maximum atomic E-state index is 9.22. The molecular weight excluding hydrogens is 991 g/mol. The van der Waals surface area contributed by atoms with Gasteiger partial charge in [0.25, 0.3) is 0 Å². The van der Waals surface area contributed by atoms with E-state index in [1.807, 2.05) is 59.2 Å². The van der Waals surface area contributed by atoms with Crippen molar-refractivity contribution in [2.24, 2.45) is 7.05 Å². The van der Waals surface area contributed by atoms with Crippen molar-refractivity contribution < 1.29 is 10.2 Å². The number of nitrogens with zero attached hydrogens (tertiary/aromatic N) is 15. The third-order valence-corrected chi connectivity index (χ3v) is 15.6. The number of hydrogen-bond donors (Lipinski definition) is 4. The zero-order valence-corrected chi connectivity index (χ0v) is 41.5. The molecule has 12 rings (SSSR count). The molecule has 1 aliphatic rings. The number of thiophene rings is 1. The largest absolute Gasteiger partial charge is 0.508 e. The van der Waals surface area contributed by atoms with E-state index >= 15 is 0 Å². The molecule has 19 nitrogen and oxygen atoms in total. The van der Waals surface area contributed by atoms with Gasteiger partial charge in [0.15, 0.2) is 10.6 Å². The van der Waals surface area contributed by atoms with Crippen LogP contribution in [-0.2, 0) is 19.9 Å². The Labute approximate surface area is 418 Å². The van der Waals surface area contributed by atoms with Gasteiger partial charge in [-0.15, -0.1) is 67.3 Å². The fraction of sp³-hybridized carbons (Fsp3) is 0.227. The molecule has 0 unspecified atom stereocenters. The normalized spacial score (nSPS) is 12.3. The van der Waals surface area contributed by atoms with Gasteiger partial charge < -0.3 is 20.8 Å². The summed E-state index contributed by atoms with van der Waals surface area (Å²) in [5.41, 5.74) is 10.3. The summed E-state index contributed by atoms with van der Waals surface area (Å²) in [5.74, 6) is 2.24. The van der Waals surface area contributed by atoms with Crippen LogP contribution in [0.1, 0.15) is 36.8 Å². The first kappa shape index (κ1) is 47.4. The lowest BCUT2D eigenvalue weighted by Gasteiger charge is -2.07. The Morgan fingerprint density at radius 3 is 1.90 bits per heavy atom. The molecule has 0 atom stereocenters. The van der Waals surface area contributed by atoms with Gasteiger partial charge in [-0.25, -0.2) is 49.5 Å². The summed E-state index contributed by atoms with van der Waals surface area (Å²) in [4.78, 5) is 42.9. The van der Waals surface area contributed by atoms with Crippen LogP contribution in [0.15, 0.2) is 117 Å². The van der Waals surface area contributed by atoms with Gasteiger partial charge in [-0.2, -0.15) is 5.10 Å². The number of aromatic hydroxyl groups is 2. The molecule has 350 valence electrons. The molecule has 0 saturated heterocycles. The highest BCUT2D eigenvalue weighted by atomic mass is 32.2. The Hall–Kier alpha value is -6.64. The highest BCUT2D eigenvalue weighted by Crippen LogP contribution is 2.37. The molecule has 69 heavy (non-hydrogen) atoms. The summed E-state index contributed by atoms with van der Waals surface area (Å²) in [6, 6.07) is 16.5. The van der Waals surface area contributed by atoms with Crippen LogP contribution in [0.5, 0.6) is 11.5 Å². The smallest absolute Gasteiger partial charge is 0.215 e. The average molecular weight is 1030 g/mol. The van der Waals surface area contributed by atoms with E-state index in [-0.39, 0.29) is 5.75 Å². The van der Waals surface area contributed by atoms with Crippen LogP contribution in [0.25, 0.3) is 41.3 Å². The highest BCUT2D eigenvalue weighted by Gasteiger charge is 2.18. The molecule has 0 bridgehead atoms. The second-order valence-electron chi connectivity index (χ2n) is 14.9. The maximum absolute atomic E-state index is 9.22. The number of anilines is 2. The number of thioether (sulfide) groups is 1. The number of phenolic OH excluding ortho intramolecular Hbond substituents is 2. The summed E-state index contributed by atoms with van der Waals surface area (Å²) in [6.45, 7) is 1.56. The molecule has 0 aliphatic heterocycles. The van der Waals surface area contributed by atoms with Gasteiger partial charge in [-0.05, 0) is 94.7 Å². The summed E-state index contributed by atoms with van der Waals surface area (Å²) in [7, 11) is 1.78. The lowest BCUT2D eigenvalue weighted by molar-refractivity contribution is 0.474. The van der Waals surface area contributed by atoms with Gasteiger partial charge in [0.2, 0.25) is 5.16 Å². The van der Waals surface area contributed by atoms with Gasteiger partial charge >= 0.3 is 0 Å². The molecular formula is C44H41N17O2S6. The number of fused-ring (bicyclic) bond motifs is 4. The fourth-order valence-electron chi connectivity index (χ4n) is 6.82. The summed E-state index contributed by atoms with van der Waals surface area (Å²) >= 11 is 9.46. The van der Waals surface area contributed by atoms with Crippen LogP contribution in [0.3, 0.4) is 0 Å². The molecule has 25 heteroatoms. The molecule has 1 saturated carbocycles. The van der Waals surface area contributed by atoms with E-state index in [0.29, 0.717) is 10.9 Å². The van der Waals surface area contributed by atoms with Crippen molar-refractivity contribution in [1.82, 2.24) is 75.3 Å². The van der Waals surface area contributed by atoms with Crippen molar-refractivity contribution in [2.45, 2.75) is 58.9 Å². The average Bonchev–Trinajstić information content (AvgIpc) is 4.24. The summed E-state index contributed by atoms with van der Waals surface area (Å²) < 4.78 is 1.59.